The number of amides is 2. The molecule has 1 aromatic heterocycles. The van der Waals surface area contributed by atoms with Crippen LogP contribution in [-0.4, -0.2) is 58.4 Å². The van der Waals surface area contributed by atoms with E-state index in [1.165, 1.54) is 6.20 Å². The molecule has 0 fully saturated rings. The topological polar surface area (TPSA) is 118 Å². The number of carbonyl (C=O) groups is 2. The fourth-order valence-corrected chi connectivity index (χ4v) is 1.53. The summed E-state index contributed by atoms with van der Waals surface area (Å²) in [5, 5.41) is 21.3. The number of nitrogens with one attached hydrogen (secondary N) is 2. The molecule has 2 amide bonds. The van der Waals surface area contributed by atoms with Crippen molar-refractivity contribution >= 4 is 12.0 Å². The van der Waals surface area contributed by atoms with Crippen molar-refractivity contribution in [1.82, 2.24) is 25.6 Å². The first-order valence-electron chi connectivity index (χ1n) is 6.23. The van der Waals surface area contributed by atoms with Crippen molar-refractivity contribution in [2.75, 3.05) is 20.3 Å². The normalized spacial score (nSPS) is 11.8. The first-order chi connectivity index (χ1) is 9.63. The summed E-state index contributed by atoms with van der Waals surface area (Å²) >= 11 is 0. The van der Waals surface area contributed by atoms with E-state index in [0.717, 1.165) is 0 Å². The summed E-state index contributed by atoms with van der Waals surface area (Å²) in [7, 11) is 1.54. The Balaban J connectivity index is 2.24. The zero-order valence-corrected chi connectivity index (χ0v) is 11.3. The van der Waals surface area contributed by atoms with Gasteiger partial charge in [-0.2, -0.15) is 0 Å². The van der Waals surface area contributed by atoms with E-state index >= 15 is 0 Å². The summed E-state index contributed by atoms with van der Waals surface area (Å²) in [4.78, 5) is 22.5. The predicted molar refractivity (Wildman–Crippen MR) is 69.1 cm³/mol. The maximum atomic E-state index is 11.6. The third-order valence-corrected chi connectivity index (χ3v) is 2.54. The van der Waals surface area contributed by atoms with Crippen LogP contribution >= 0.6 is 0 Å². The van der Waals surface area contributed by atoms with Gasteiger partial charge in [-0.05, 0) is 12.8 Å². The lowest BCUT2D eigenvalue weighted by atomic mass is 10.1. The van der Waals surface area contributed by atoms with Crippen molar-refractivity contribution < 1.29 is 19.4 Å². The molecule has 112 valence electrons. The van der Waals surface area contributed by atoms with Crippen LogP contribution in [0, 0.1) is 0 Å². The molecular formula is C11H19N5O4. The number of methoxy groups -OCH3 is 1. The number of rotatable bonds is 9. The minimum atomic E-state index is -1.06. The van der Waals surface area contributed by atoms with E-state index in [9.17, 15) is 9.59 Å². The summed E-state index contributed by atoms with van der Waals surface area (Å²) in [6.45, 7) is 1.26. The van der Waals surface area contributed by atoms with Gasteiger partial charge in [0.2, 0.25) is 0 Å². The van der Waals surface area contributed by atoms with Gasteiger partial charge in [0.05, 0.1) is 12.7 Å². The Morgan fingerprint density at radius 2 is 2.30 bits per heavy atom. The Morgan fingerprint density at radius 3 is 2.90 bits per heavy atom. The van der Waals surface area contributed by atoms with Crippen molar-refractivity contribution in [2.45, 2.75) is 25.4 Å². The lowest BCUT2D eigenvalue weighted by Crippen LogP contribution is -2.46. The van der Waals surface area contributed by atoms with Crippen LogP contribution in [0.5, 0.6) is 0 Å². The van der Waals surface area contributed by atoms with Gasteiger partial charge in [0.1, 0.15) is 6.04 Å². The molecule has 1 heterocycles. The molecule has 1 aromatic rings. The van der Waals surface area contributed by atoms with Crippen LogP contribution in [0.4, 0.5) is 4.79 Å². The zero-order valence-electron chi connectivity index (χ0n) is 11.3. The molecule has 0 aliphatic heterocycles. The highest BCUT2D eigenvalue weighted by Crippen LogP contribution is 1.98. The molecule has 1 atom stereocenters. The first-order valence-corrected chi connectivity index (χ1v) is 6.23. The Labute approximate surface area is 116 Å². The van der Waals surface area contributed by atoms with Crippen LogP contribution in [0.25, 0.3) is 0 Å². The van der Waals surface area contributed by atoms with Crippen molar-refractivity contribution in [1.29, 1.82) is 0 Å². The number of hydrogen-bond acceptors (Lipinski definition) is 5. The molecule has 9 nitrogen and oxygen atoms in total. The minimum absolute atomic E-state index is 0.319. The van der Waals surface area contributed by atoms with Crippen molar-refractivity contribution in [3.8, 4) is 0 Å². The Morgan fingerprint density at radius 1 is 1.50 bits per heavy atom. The molecule has 20 heavy (non-hydrogen) atoms. The molecule has 1 unspecified atom stereocenters. The van der Waals surface area contributed by atoms with Crippen LogP contribution in [0.2, 0.25) is 0 Å². The third kappa shape index (κ3) is 6.14. The number of hydrogen-bond donors (Lipinski definition) is 3. The van der Waals surface area contributed by atoms with Gasteiger partial charge in [-0.1, -0.05) is 5.21 Å². The highest BCUT2D eigenvalue weighted by molar-refractivity contribution is 5.82. The highest BCUT2D eigenvalue weighted by Gasteiger charge is 2.18. The molecule has 9 heteroatoms. The van der Waals surface area contributed by atoms with Gasteiger partial charge < -0.3 is 20.5 Å². The Bertz CT molecular complexity index is 409. The van der Waals surface area contributed by atoms with Crippen LogP contribution in [0.1, 0.15) is 12.8 Å². The smallest absolute Gasteiger partial charge is 0.326 e. The minimum Gasteiger partial charge on any atom is -0.480 e. The van der Waals surface area contributed by atoms with Gasteiger partial charge in [0.25, 0.3) is 0 Å². The molecule has 0 aromatic carbocycles. The Kier molecular flexibility index (Phi) is 7.04. The number of urea groups is 1. The summed E-state index contributed by atoms with van der Waals surface area (Å²) in [5.74, 6) is -1.06. The molecule has 0 aliphatic rings. The fraction of sp³-hybridized carbons (Fsp3) is 0.636. The lowest BCUT2D eigenvalue weighted by Gasteiger charge is -2.14. The molecular weight excluding hydrogens is 266 g/mol. The SMILES string of the molecule is COCCCC(NC(=O)NCCn1ccnn1)C(=O)O. The second-order valence-electron chi connectivity index (χ2n) is 4.09. The molecule has 0 radical (unpaired) electrons. The fourth-order valence-electron chi connectivity index (χ4n) is 1.53. The number of carboxylic acid groups (broad SMARTS) is 1. The zero-order chi connectivity index (χ0) is 14.8. The number of carbonyl (C=O) groups excluding carboxylic acids is 1. The number of ether oxygens (including phenoxy) is 1. The second-order valence-corrected chi connectivity index (χ2v) is 4.09. The molecule has 0 saturated heterocycles. The van der Waals surface area contributed by atoms with Crippen molar-refractivity contribution in [3.05, 3.63) is 12.4 Å². The average Bonchev–Trinajstić information content (AvgIpc) is 2.91. The summed E-state index contributed by atoms with van der Waals surface area (Å²) in [6.07, 6.45) is 4.09. The van der Waals surface area contributed by atoms with Gasteiger partial charge in [-0.3, -0.25) is 4.68 Å². The Hall–Kier alpha value is -2.16. The van der Waals surface area contributed by atoms with E-state index in [2.05, 4.69) is 20.9 Å². The largest absolute Gasteiger partial charge is 0.480 e. The average molecular weight is 285 g/mol. The monoisotopic (exact) mass is 285 g/mol. The lowest BCUT2D eigenvalue weighted by molar-refractivity contribution is -0.139. The van der Waals surface area contributed by atoms with Gasteiger partial charge in [0.15, 0.2) is 0 Å². The summed E-state index contributed by atoms with van der Waals surface area (Å²) < 4.78 is 6.41. The summed E-state index contributed by atoms with van der Waals surface area (Å²) in [6, 6.07) is -1.44. The van der Waals surface area contributed by atoms with Crippen molar-refractivity contribution in [3.63, 3.8) is 0 Å². The van der Waals surface area contributed by atoms with Gasteiger partial charge in [-0.15, -0.1) is 5.10 Å². The molecule has 0 aliphatic carbocycles. The van der Waals surface area contributed by atoms with E-state index in [0.29, 0.717) is 32.5 Å². The second kappa shape index (κ2) is 8.86. The molecule has 1 rings (SSSR count). The van der Waals surface area contributed by atoms with Gasteiger partial charge in [0, 0.05) is 26.5 Å². The van der Waals surface area contributed by atoms with Gasteiger partial charge in [-0.25, -0.2) is 9.59 Å². The number of aromatic nitrogens is 3. The van der Waals surface area contributed by atoms with Crippen LogP contribution in [0.3, 0.4) is 0 Å². The quantitative estimate of drug-likeness (QED) is 0.524. The van der Waals surface area contributed by atoms with E-state index in [-0.39, 0.29) is 0 Å². The third-order valence-electron chi connectivity index (χ3n) is 2.54. The molecule has 3 N–H and O–H groups in total. The van der Waals surface area contributed by atoms with Crippen LogP contribution in [0.15, 0.2) is 12.4 Å². The van der Waals surface area contributed by atoms with E-state index in [1.54, 1.807) is 18.0 Å². The van der Waals surface area contributed by atoms with Gasteiger partial charge >= 0.3 is 12.0 Å². The molecule has 0 spiro atoms. The number of carboxylic acids is 1. The van der Waals surface area contributed by atoms with E-state index in [1.807, 2.05) is 0 Å². The van der Waals surface area contributed by atoms with Crippen LogP contribution < -0.4 is 10.6 Å². The molecule has 0 saturated carbocycles. The van der Waals surface area contributed by atoms with Crippen molar-refractivity contribution in [2.24, 2.45) is 0 Å². The first kappa shape index (κ1) is 15.9. The van der Waals surface area contributed by atoms with E-state index < -0.39 is 18.0 Å². The standard InChI is InChI=1S/C11H19N5O4/c1-20-8-2-3-9(10(17)18)14-11(19)12-4-6-16-7-5-13-15-16/h5,7,9H,2-4,6,8H2,1H3,(H,17,18)(H2,12,14,19). The van der Waals surface area contributed by atoms with Crippen LogP contribution in [-0.2, 0) is 16.1 Å². The number of nitrogens with zero attached hydrogens (tertiary/aromatic N) is 3. The maximum absolute atomic E-state index is 11.6. The maximum Gasteiger partial charge on any atom is 0.326 e. The number of aliphatic carboxylic acids is 1. The molecule has 0 bridgehead atoms. The predicted octanol–water partition coefficient (Wildman–Crippen LogP) is -0.543. The summed E-state index contributed by atoms with van der Waals surface area (Å²) in [5.41, 5.74) is 0. The highest BCUT2D eigenvalue weighted by atomic mass is 16.5. The van der Waals surface area contributed by atoms with E-state index in [4.69, 9.17) is 9.84 Å².